The second-order valence-electron chi connectivity index (χ2n) is 4.13. The summed E-state index contributed by atoms with van der Waals surface area (Å²) in [7, 11) is 1.90. The van der Waals surface area contributed by atoms with Crippen molar-refractivity contribution in [2.24, 2.45) is 0 Å². The van der Waals surface area contributed by atoms with Crippen LogP contribution in [0.4, 0.5) is 0 Å². The maximum absolute atomic E-state index is 6.16. The molecule has 0 radical (unpaired) electrons. The second-order valence-corrected chi connectivity index (χ2v) is 4.98. The lowest BCUT2D eigenvalue weighted by Gasteiger charge is -2.17. The van der Waals surface area contributed by atoms with Crippen LogP contribution in [0.3, 0.4) is 0 Å². The number of nitrogens with zero attached hydrogens (tertiary/aromatic N) is 1. The van der Waals surface area contributed by atoms with E-state index in [-0.39, 0.29) is 6.04 Å². The number of benzene rings is 1. The monoisotopic (exact) mass is 280 g/mol. The molecule has 0 amide bonds. The number of rotatable bonds is 3. The lowest BCUT2D eigenvalue weighted by atomic mass is 10.0. The Morgan fingerprint density at radius 3 is 2.50 bits per heavy atom. The van der Waals surface area contributed by atoms with Crippen molar-refractivity contribution in [2.45, 2.75) is 13.0 Å². The van der Waals surface area contributed by atoms with Gasteiger partial charge in [-0.05, 0) is 43.3 Å². The van der Waals surface area contributed by atoms with Gasteiger partial charge in [-0.3, -0.25) is 4.98 Å². The van der Waals surface area contributed by atoms with Gasteiger partial charge in [-0.2, -0.15) is 0 Å². The highest BCUT2D eigenvalue weighted by Crippen LogP contribution is 2.25. The van der Waals surface area contributed by atoms with Crippen LogP contribution < -0.4 is 5.32 Å². The normalized spacial score (nSPS) is 12.4. The van der Waals surface area contributed by atoms with Gasteiger partial charge < -0.3 is 5.32 Å². The first-order valence-electron chi connectivity index (χ1n) is 5.66. The molecular formula is C14H14Cl2N2. The number of aryl methyl sites for hydroxylation is 1. The predicted octanol–water partition coefficient (Wildman–Crippen LogP) is 4.01. The van der Waals surface area contributed by atoms with Gasteiger partial charge in [0.15, 0.2) is 0 Å². The van der Waals surface area contributed by atoms with Crippen LogP contribution in [0.15, 0.2) is 36.5 Å². The molecule has 94 valence electrons. The van der Waals surface area contributed by atoms with Crippen molar-refractivity contribution in [1.29, 1.82) is 0 Å². The largest absolute Gasteiger partial charge is 0.308 e. The van der Waals surface area contributed by atoms with E-state index in [9.17, 15) is 0 Å². The Labute approximate surface area is 117 Å². The highest BCUT2D eigenvalue weighted by molar-refractivity contribution is 6.31. The van der Waals surface area contributed by atoms with Crippen LogP contribution in [-0.4, -0.2) is 12.0 Å². The molecule has 2 aromatic rings. The Morgan fingerprint density at radius 2 is 1.94 bits per heavy atom. The fourth-order valence-electron chi connectivity index (χ4n) is 1.83. The zero-order valence-corrected chi connectivity index (χ0v) is 11.8. The minimum Gasteiger partial charge on any atom is -0.308 e. The van der Waals surface area contributed by atoms with Crippen LogP contribution in [0.25, 0.3) is 0 Å². The van der Waals surface area contributed by atoms with Crippen LogP contribution in [0.2, 0.25) is 10.0 Å². The summed E-state index contributed by atoms with van der Waals surface area (Å²) in [6.07, 6.45) is 1.65. The molecule has 18 heavy (non-hydrogen) atoms. The fraction of sp³-hybridized carbons (Fsp3) is 0.214. The SMILES string of the molecule is CNC(c1ccc(C)c(Cl)c1)c1ccc(Cl)cn1. The number of nitrogens with one attached hydrogen (secondary N) is 1. The van der Waals surface area contributed by atoms with Crippen molar-refractivity contribution in [3.8, 4) is 0 Å². The van der Waals surface area contributed by atoms with E-state index in [4.69, 9.17) is 23.2 Å². The Kier molecular flexibility index (Phi) is 4.23. The molecule has 0 aliphatic heterocycles. The number of hydrogen-bond acceptors (Lipinski definition) is 2. The third kappa shape index (κ3) is 2.83. The highest BCUT2D eigenvalue weighted by Gasteiger charge is 2.14. The van der Waals surface area contributed by atoms with Gasteiger partial charge in [0, 0.05) is 11.2 Å². The number of hydrogen-bond donors (Lipinski definition) is 1. The van der Waals surface area contributed by atoms with Gasteiger partial charge in [0.1, 0.15) is 0 Å². The molecule has 0 saturated heterocycles. The highest BCUT2D eigenvalue weighted by atomic mass is 35.5. The molecule has 1 unspecified atom stereocenters. The quantitative estimate of drug-likeness (QED) is 0.919. The minimum atomic E-state index is 0.0142. The smallest absolute Gasteiger partial charge is 0.0749 e. The van der Waals surface area contributed by atoms with E-state index in [1.807, 2.05) is 38.2 Å². The molecule has 1 heterocycles. The van der Waals surface area contributed by atoms with Gasteiger partial charge in [0.05, 0.1) is 16.8 Å². The van der Waals surface area contributed by atoms with Crippen molar-refractivity contribution in [1.82, 2.24) is 10.3 Å². The van der Waals surface area contributed by atoms with Crippen LogP contribution in [-0.2, 0) is 0 Å². The summed E-state index contributed by atoms with van der Waals surface area (Å²) in [6, 6.07) is 9.80. The average Bonchev–Trinajstić information content (AvgIpc) is 2.37. The zero-order valence-electron chi connectivity index (χ0n) is 10.2. The Morgan fingerprint density at radius 1 is 1.17 bits per heavy atom. The Hall–Kier alpha value is -1.09. The standard InChI is InChI=1S/C14H14Cl2N2/c1-9-3-4-10(7-12(9)16)14(17-2)13-6-5-11(15)8-18-13/h3-8,14,17H,1-2H3. The molecule has 1 aromatic heterocycles. The Bertz CT molecular complexity index is 538. The van der Waals surface area contributed by atoms with Crippen molar-refractivity contribution in [3.05, 3.63) is 63.4 Å². The molecule has 0 spiro atoms. The van der Waals surface area contributed by atoms with E-state index in [1.165, 1.54) is 0 Å². The maximum atomic E-state index is 6.16. The summed E-state index contributed by atoms with van der Waals surface area (Å²) in [5.74, 6) is 0. The van der Waals surface area contributed by atoms with Gasteiger partial charge in [0.2, 0.25) is 0 Å². The predicted molar refractivity (Wildman–Crippen MR) is 76.3 cm³/mol. The van der Waals surface area contributed by atoms with Crippen LogP contribution in [0, 0.1) is 6.92 Å². The van der Waals surface area contributed by atoms with Gasteiger partial charge in [-0.25, -0.2) is 0 Å². The number of aromatic nitrogens is 1. The number of pyridine rings is 1. The van der Waals surface area contributed by atoms with Gasteiger partial charge >= 0.3 is 0 Å². The zero-order chi connectivity index (χ0) is 13.1. The van der Waals surface area contributed by atoms with E-state index in [1.54, 1.807) is 6.20 Å². The molecule has 0 fully saturated rings. The molecule has 1 aromatic carbocycles. The topological polar surface area (TPSA) is 24.9 Å². The van der Waals surface area contributed by atoms with E-state index in [0.29, 0.717) is 5.02 Å². The van der Waals surface area contributed by atoms with Crippen LogP contribution in [0.1, 0.15) is 22.9 Å². The minimum absolute atomic E-state index is 0.0142. The first-order chi connectivity index (χ1) is 8.61. The molecule has 2 nitrogen and oxygen atoms in total. The van der Waals surface area contributed by atoms with Crippen molar-refractivity contribution < 1.29 is 0 Å². The maximum Gasteiger partial charge on any atom is 0.0749 e. The molecule has 0 saturated carbocycles. The molecule has 0 bridgehead atoms. The van der Waals surface area contributed by atoms with Gasteiger partial charge in [-0.15, -0.1) is 0 Å². The van der Waals surface area contributed by atoms with Gasteiger partial charge in [0.25, 0.3) is 0 Å². The van der Waals surface area contributed by atoms with E-state index in [0.717, 1.165) is 21.8 Å². The molecule has 1 atom stereocenters. The molecule has 1 N–H and O–H groups in total. The first-order valence-corrected chi connectivity index (χ1v) is 6.42. The average molecular weight is 281 g/mol. The lowest BCUT2D eigenvalue weighted by molar-refractivity contribution is 0.671. The molecular weight excluding hydrogens is 267 g/mol. The first kappa shape index (κ1) is 13.3. The van der Waals surface area contributed by atoms with Crippen molar-refractivity contribution >= 4 is 23.2 Å². The van der Waals surface area contributed by atoms with Gasteiger partial charge in [-0.1, -0.05) is 35.3 Å². The number of halogens is 2. The third-order valence-corrected chi connectivity index (χ3v) is 3.49. The van der Waals surface area contributed by atoms with E-state index in [2.05, 4.69) is 16.4 Å². The molecule has 0 aliphatic rings. The van der Waals surface area contributed by atoms with Crippen molar-refractivity contribution in [3.63, 3.8) is 0 Å². The molecule has 2 rings (SSSR count). The summed E-state index contributed by atoms with van der Waals surface area (Å²) >= 11 is 12.0. The summed E-state index contributed by atoms with van der Waals surface area (Å²) in [5.41, 5.74) is 3.07. The summed E-state index contributed by atoms with van der Waals surface area (Å²) < 4.78 is 0. The third-order valence-electron chi connectivity index (χ3n) is 2.86. The molecule has 4 heteroatoms. The lowest BCUT2D eigenvalue weighted by Crippen LogP contribution is -2.18. The van der Waals surface area contributed by atoms with E-state index >= 15 is 0 Å². The second kappa shape index (κ2) is 5.70. The summed E-state index contributed by atoms with van der Waals surface area (Å²) in [6.45, 7) is 1.99. The van der Waals surface area contributed by atoms with Crippen molar-refractivity contribution in [2.75, 3.05) is 7.05 Å². The Balaban J connectivity index is 2.38. The fourth-order valence-corrected chi connectivity index (χ4v) is 2.13. The molecule has 0 aliphatic carbocycles. The van der Waals surface area contributed by atoms with Crippen LogP contribution >= 0.6 is 23.2 Å². The van der Waals surface area contributed by atoms with Crippen LogP contribution in [0.5, 0.6) is 0 Å². The van der Waals surface area contributed by atoms with E-state index < -0.39 is 0 Å². The summed E-state index contributed by atoms with van der Waals surface area (Å²) in [4.78, 5) is 4.34. The summed E-state index contributed by atoms with van der Waals surface area (Å²) in [5, 5.41) is 4.64.